The molecule has 2 rings (SSSR count). The number of rotatable bonds is 8. The van der Waals surface area contributed by atoms with Gasteiger partial charge in [0, 0.05) is 19.9 Å². The van der Waals surface area contributed by atoms with Crippen LogP contribution in [0.3, 0.4) is 0 Å². The van der Waals surface area contributed by atoms with Crippen LogP contribution >= 0.6 is 0 Å². The minimum Gasteiger partial charge on any atom is -0.495 e. The Kier molecular flexibility index (Phi) is 7.02. The van der Waals surface area contributed by atoms with E-state index in [0.29, 0.717) is 29.5 Å². The highest BCUT2D eigenvalue weighted by Gasteiger charge is 2.17. The fourth-order valence-corrected chi connectivity index (χ4v) is 2.58. The largest absolute Gasteiger partial charge is 0.495 e. The van der Waals surface area contributed by atoms with E-state index in [-0.39, 0.29) is 24.8 Å². The molecule has 0 aliphatic heterocycles. The monoisotopic (exact) mass is 356 g/mol. The van der Waals surface area contributed by atoms with Crippen LogP contribution in [-0.4, -0.2) is 32.1 Å². The molecule has 0 atom stereocenters. The normalized spacial score (nSPS) is 10.1. The summed E-state index contributed by atoms with van der Waals surface area (Å²) in [5.74, 6) is 0.859. The average molecular weight is 356 g/mol. The number of methoxy groups -OCH3 is 1. The van der Waals surface area contributed by atoms with Gasteiger partial charge < -0.3 is 19.7 Å². The van der Waals surface area contributed by atoms with Gasteiger partial charge in [-0.25, -0.2) is 0 Å². The second-order valence-corrected chi connectivity index (χ2v) is 5.57. The van der Waals surface area contributed by atoms with Crippen LogP contribution in [0.5, 0.6) is 11.5 Å². The molecule has 0 saturated carbocycles. The van der Waals surface area contributed by atoms with Crippen LogP contribution in [0, 0.1) is 0 Å². The first-order valence-electron chi connectivity index (χ1n) is 8.49. The summed E-state index contributed by atoms with van der Waals surface area (Å²) in [7, 11) is 1.55. The van der Waals surface area contributed by atoms with Gasteiger partial charge in [-0.05, 0) is 31.2 Å². The Balaban J connectivity index is 2.07. The summed E-state index contributed by atoms with van der Waals surface area (Å²) in [5.41, 5.74) is 1.26. The lowest BCUT2D eigenvalue weighted by Gasteiger charge is -2.23. The Hall–Kier alpha value is -3.02. The molecule has 138 valence electrons. The summed E-state index contributed by atoms with van der Waals surface area (Å²) in [6.07, 6.45) is 0.151. The molecule has 0 radical (unpaired) electrons. The molecule has 0 bridgehead atoms. The fraction of sp³-hybridized carbons (Fsp3) is 0.300. The zero-order valence-corrected chi connectivity index (χ0v) is 15.3. The molecule has 1 N–H and O–H groups in total. The van der Waals surface area contributed by atoms with E-state index in [2.05, 4.69) is 5.32 Å². The molecule has 0 heterocycles. The van der Waals surface area contributed by atoms with E-state index in [1.165, 1.54) is 6.92 Å². The molecule has 6 nitrogen and oxygen atoms in total. The average Bonchev–Trinajstić information content (AvgIpc) is 2.63. The van der Waals surface area contributed by atoms with Crippen LogP contribution in [0.2, 0.25) is 0 Å². The van der Waals surface area contributed by atoms with Gasteiger partial charge in [-0.1, -0.05) is 24.3 Å². The SMILES string of the molecule is CCOc1ccccc1N(CCC(=O)Nc1ccccc1OC)C(C)=O. The first-order valence-corrected chi connectivity index (χ1v) is 8.49. The summed E-state index contributed by atoms with van der Waals surface area (Å²) in [6, 6.07) is 14.5. The van der Waals surface area contributed by atoms with E-state index < -0.39 is 0 Å². The lowest BCUT2D eigenvalue weighted by molar-refractivity contribution is -0.117. The molecule has 0 fully saturated rings. The van der Waals surface area contributed by atoms with Crippen LogP contribution in [-0.2, 0) is 9.59 Å². The Labute approximate surface area is 153 Å². The van der Waals surface area contributed by atoms with Gasteiger partial charge in [0.05, 0.1) is 25.1 Å². The van der Waals surface area contributed by atoms with Crippen molar-refractivity contribution in [2.45, 2.75) is 20.3 Å². The molecular weight excluding hydrogens is 332 g/mol. The quantitative estimate of drug-likeness (QED) is 0.786. The van der Waals surface area contributed by atoms with Gasteiger partial charge in [-0.3, -0.25) is 9.59 Å². The number of amides is 2. The molecule has 0 aromatic heterocycles. The number of nitrogens with one attached hydrogen (secondary N) is 1. The topological polar surface area (TPSA) is 67.9 Å². The third-order valence-electron chi connectivity index (χ3n) is 3.78. The van der Waals surface area contributed by atoms with Gasteiger partial charge in [-0.15, -0.1) is 0 Å². The molecule has 2 amide bonds. The van der Waals surface area contributed by atoms with Crippen molar-refractivity contribution in [2.75, 3.05) is 30.5 Å². The number of benzene rings is 2. The van der Waals surface area contributed by atoms with Crippen molar-refractivity contribution in [2.24, 2.45) is 0 Å². The molecule has 0 unspecified atom stereocenters. The second-order valence-electron chi connectivity index (χ2n) is 5.57. The predicted molar refractivity (Wildman–Crippen MR) is 102 cm³/mol. The van der Waals surface area contributed by atoms with Gasteiger partial charge in [0.2, 0.25) is 11.8 Å². The van der Waals surface area contributed by atoms with Crippen molar-refractivity contribution < 1.29 is 19.1 Å². The van der Waals surface area contributed by atoms with Crippen LogP contribution < -0.4 is 19.7 Å². The smallest absolute Gasteiger partial charge is 0.226 e. The molecule has 0 spiro atoms. The van der Waals surface area contributed by atoms with Crippen molar-refractivity contribution >= 4 is 23.2 Å². The first-order chi connectivity index (χ1) is 12.6. The Morgan fingerprint density at radius 2 is 1.69 bits per heavy atom. The molecule has 0 saturated heterocycles. The number of para-hydroxylation sites is 4. The summed E-state index contributed by atoms with van der Waals surface area (Å²) in [4.78, 5) is 26.0. The molecule has 2 aromatic rings. The third-order valence-corrected chi connectivity index (χ3v) is 3.78. The Bertz CT molecular complexity index is 761. The fourth-order valence-electron chi connectivity index (χ4n) is 2.58. The van der Waals surface area contributed by atoms with Crippen LogP contribution in [0.15, 0.2) is 48.5 Å². The summed E-state index contributed by atoms with van der Waals surface area (Å²) in [5, 5.41) is 2.81. The van der Waals surface area contributed by atoms with Crippen molar-refractivity contribution in [3.05, 3.63) is 48.5 Å². The lowest BCUT2D eigenvalue weighted by Crippen LogP contribution is -2.32. The number of nitrogens with zero attached hydrogens (tertiary/aromatic N) is 1. The van der Waals surface area contributed by atoms with Gasteiger partial charge in [0.15, 0.2) is 0 Å². The van der Waals surface area contributed by atoms with Crippen molar-refractivity contribution in [1.29, 1.82) is 0 Å². The maximum Gasteiger partial charge on any atom is 0.226 e. The minimum atomic E-state index is -0.199. The highest BCUT2D eigenvalue weighted by molar-refractivity contribution is 5.96. The van der Waals surface area contributed by atoms with Crippen molar-refractivity contribution in [3.63, 3.8) is 0 Å². The number of carbonyl (C=O) groups is 2. The van der Waals surface area contributed by atoms with Gasteiger partial charge in [0.25, 0.3) is 0 Å². The summed E-state index contributed by atoms with van der Waals surface area (Å²) in [6.45, 7) is 4.11. The third kappa shape index (κ3) is 4.99. The summed E-state index contributed by atoms with van der Waals surface area (Å²) >= 11 is 0. The van der Waals surface area contributed by atoms with E-state index in [4.69, 9.17) is 9.47 Å². The zero-order valence-electron chi connectivity index (χ0n) is 15.3. The number of hydrogen-bond donors (Lipinski definition) is 1. The van der Waals surface area contributed by atoms with Crippen LogP contribution in [0.1, 0.15) is 20.3 Å². The number of anilines is 2. The second kappa shape index (κ2) is 9.46. The first kappa shape index (κ1) is 19.3. The Morgan fingerprint density at radius 1 is 1.04 bits per heavy atom. The molecular formula is C20H24N2O4. The number of carbonyl (C=O) groups excluding carboxylic acids is 2. The zero-order chi connectivity index (χ0) is 18.9. The van der Waals surface area contributed by atoms with Crippen LogP contribution in [0.4, 0.5) is 11.4 Å². The van der Waals surface area contributed by atoms with Crippen LogP contribution in [0.25, 0.3) is 0 Å². The summed E-state index contributed by atoms with van der Waals surface area (Å²) < 4.78 is 10.8. The lowest BCUT2D eigenvalue weighted by atomic mass is 10.2. The van der Waals surface area contributed by atoms with E-state index in [1.54, 1.807) is 24.1 Å². The number of hydrogen-bond acceptors (Lipinski definition) is 4. The van der Waals surface area contributed by atoms with E-state index in [0.717, 1.165) is 0 Å². The van der Waals surface area contributed by atoms with Crippen molar-refractivity contribution in [1.82, 2.24) is 0 Å². The molecule has 26 heavy (non-hydrogen) atoms. The molecule has 0 aliphatic carbocycles. The highest BCUT2D eigenvalue weighted by atomic mass is 16.5. The van der Waals surface area contributed by atoms with E-state index >= 15 is 0 Å². The molecule has 0 aliphatic rings. The maximum atomic E-state index is 12.3. The minimum absolute atomic E-state index is 0.151. The van der Waals surface area contributed by atoms with E-state index in [9.17, 15) is 9.59 Å². The number of ether oxygens (including phenoxy) is 2. The standard InChI is InChI=1S/C20H24N2O4/c1-4-26-19-12-8-6-10-17(19)22(15(2)23)14-13-20(24)21-16-9-5-7-11-18(16)25-3/h5-12H,4,13-14H2,1-3H3,(H,21,24). The molecule has 6 heteroatoms. The van der Waals surface area contributed by atoms with Gasteiger partial charge in [0.1, 0.15) is 11.5 Å². The highest BCUT2D eigenvalue weighted by Crippen LogP contribution is 2.28. The molecule has 2 aromatic carbocycles. The van der Waals surface area contributed by atoms with Gasteiger partial charge in [-0.2, -0.15) is 0 Å². The Morgan fingerprint density at radius 3 is 2.35 bits per heavy atom. The van der Waals surface area contributed by atoms with Crippen molar-refractivity contribution in [3.8, 4) is 11.5 Å². The van der Waals surface area contributed by atoms with E-state index in [1.807, 2.05) is 43.3 Å². The van der Waals surface area contributed by atoms with Gasteiger partial charge >= 0.3 is 0 Å². The predicted octanol–water partition coefficient (Wildman–Crippen LogP) is 3.48. The maximum absolute atomic E-state index is 12.3.